The normalized spacial score (nSPS) is 13.6. The van der Waals surface area contributed by atoms with Crippen molar-refractivity contribution < 1.29 is 43.3 Å². The van der Waals surface area contributed by atoms with E-state index >= 15 is 0 Å². The van der Waals surface area contributed by atoms with Crippen LogP contribution in [0.25, 0.3) is 0 Å². The predicted molar refractivity (Wildman–Crippen MR) is 163 cm³/mol. The zero-order valence-corrected chi connectivity index (χ0v) is 27.3. The van der Waals surface area contributed by atoms with E-state index in [0.717, 1.165) is 32.1 Å². The first-order valence-corrected chi connectivity index (χ1v) is 18.1. The second kappa shape index (κ2) is 29.1. The molecule has 1 unspecified atom stereocenters. The molecule has 0 bridgehead atoms. The monoisotopic (exact) mass is 608 g/mol. The number of hydrogen-bond donors (Lipinski definition) is 2. The Morgan fingerprint density at radius 3 is 1.49 bits per heavy atom. The number of unbranched alkanes of at least 4 members (excludes halogenated alkanes) is 18. The number of rotatable bonds is 31. The van der Waals surface area contributed by atoms with E-state index in [1.54, 1.807) is 0 Å². The van der Waals surface area contributed by atoms with Crippen molar-refractivity contribution in [3.05, 3.63) is 0 Å². The highest BCUT2D eigenvalue weighted by atomic mass is 31.2. The Balaban J connectivity index is 4.27. The van der Waals surface area contributed by atoms with E-state index in [1.165, 1.54) is 89.9 Å². The van der Waals surface area contributed by atoms with Crippen LogP contribution < -0.4 is 5.73 Å². The Morgan fingerprint density at radius 1 is 0.634 bits per heavy atom. The first-order chi connectivity index (χ1) is 19.8. The maximum absolute atomic E-state index is 12.4. The fourth-order valence-corrected chi connectivity index (χ4v) is 5.32. The molecule has 0 radical (unpaired) electrons. The number of quaternary nitrogens is 1. The van der Waals surface area contributed by atoms with E-state index in [4.69, 9.17) is 18.5 Å². The van der Waals surface area contributed by atoms with Crippen molar-refractivity contribution in [2.75, 3.05) is 26.4 Å². The first-order valence-electron chi connectivity index (χ1n) is 16.6. The number of ether oxygens (including phenoxy) is 2. The summed E-state index contributed by atoms with van der Waals surface area (Å²) in [5.74, 6) is -0.810. The highest BCUT2D eigenvalue weighted by Gasteiger charge is 2.26. The van der Waals surface area contributed by atoms with Crippen LogP contribution in [0.5, 0.6) is 0 Å². The topological polar surface area (TPSA) is 136 Å². The molecular weight excluding hydrogens is 545 g/mol. The van der Waals surface area contributed by atoms with Crippen molar-refractivity contribution in [3.8, 4) is 0 Å². The largest absolute Gasteiger partial charge is 0.472 e. The van der Waals surface area contributed by atoms with Crippen molar-refractivity contribution >= 4 is 19.8 Å². The standard InChI is InChI=1S/C31H62NO8P/c1-3-5-7-9-11-13-14-15-16-18-20-22-24-31(34)40-29(28-39-41(35,36)38-26-25-32)27-37-30(33)23-21-19-17-12-10-8-6-4-2/h29H,3-28,32H2,1-2H3,(H,35,36)/p+1/t29-/m1/s1. The van der Waals surface area contributed by atoms with Crippen LogP contribution in [0.15, 0.2) is 0 Å². The van der Waals surface area contributed by atoms with Gasteiger partial charge in [-0.2, -0.15) is 0 Å². The van der Waals surface area contributed by atoms with Gasteiger partial charge >= 0.3 is 19.8 Å². The average Bonchev–Trinajstić information content (AvgIpc) is 2.95. The van der Waals surface area contributed by atoms with Gasteiger partial charge in [0, 0.05) is 12.8 Å². The Bertz CT molecular complexity index is 664. The summed E-state index contributed by atoms with van der Waals surface area (Å²) in [7, 11) is -4.31. The minimum absolute atomic E-state index is 0.0369. The molecule has 0 rings (SSSR count). The van der Waals surface area contributed by atoms with E-state index in [1.807, 2.05) is 0 Å². The molecule has 41 heavy (non-hydrogen) atoms. The molecule has 10 heteroatoms. The third kappa shape index (κ3) is 28.9. The van der Waals surface area contributed by atoms with E-state index in [-0.39, 0.29) is 25.6 Å². The molecule has 0 aromatic rings. The minimum atomic E-state index is -4.31. The molecule has 0 saturated heterocycles. The Morgan fingerprint density at radius 2 is 1.05 bits per heavy atom. The summed E-state index contributed by atoms with van der Waals surface area (Å²) in [6.07, 6.45) is 23.0. The molecule has 0 aromatic carbocycles. The fourth-order valence-electron chi connectivity index (χ4n) is 4.53. The summed E-state index contributed by atoms with van der Waals surface area (Å²) in [5.41, 5.74) is 3.56. The van der Waals surface area contributed by atoms with Gasteiger partial charge in [-0.25, -0.2) is 4.57 Å². The summed E-state index contributed by atoms with van der Waals surface area (Å²) in [5, 5.41) is 0. The number of esters is 2. The summed E-state index contributed by atoms with van der Waals surface area (Å²) in [6, 6.07) is 0. The zero-order chi connectivity index (χ0) is 30.4. The zero-order valence-electron chi connectivity index (χ0n) is 26.4. The van der Waals surface area contributed by atoms with Gasteiger partial charge in [-0.3, -0.25) is 18.6 Å². The van der Waals surface area contributed by atoms with Gasteiger partial charge in [-0.15, -0.1) is 0 Å². The number of carbonyl (C=O) groups is 2. The molecule has 4 N–H and O–H groups in total. The molecule has 0 aliphatic rings. The number of hydrogen-bond acceptors (Lipinski definition) is 7. The molecule has 0 aliphatic heterocycles. The second-order valence-corrected chi connectivity index (χ2v) is 12.6. The van der Waals surface area contributed by atoms with Crippen molar-refractivity contribution in [1.82, 2.24) is 0 Å². The highest BCUT2D eigenvalue weighted by Crippen LogP contribution is 2.43. The summed E-state index contributed by atoms with van der Waals surface area (Å²) in [6.45, 7) is 4.08. The molecule has 0 fully saturated rings. The van der Waals surface area contributed by atoms with E-state index in [2.05, 4.69) is 19.6 Å². The minimum Gasteiger partial charge on any atom is -0.462 e. The van der Waals surface area contributed by atoms with E-state index in [0.29, 0.717) is 19.4 Å². The van der Waals surface area contributed by atoms with Crippen LogP contribution in [-0.2, 0) is 32.7 Å². The molecule has 0 amide bonds. The van der Waals surface area contributed by atoms with Crippen LogP contribution in [0.3, 0.4) is 0 Å². The van der Waals surface area contributed by atoms with E-state index < -0.39 is 26.5 Å². The maximum Gasteiger partial charge on any atom is 0.472 e. The van der Waals surface area contributed by atoms with Crippen molar-refractivity contribution in [1.29, 1.82) is 0 Å². The molecular formula is C31H63NO8P+. The molecule has 244 valence electrons. The van der Waals surface area contributed by atoms with Gasteiger partial charge < -0.3 is 20.1 Å². The lowest BCUT2D eigenvalue weighted by molar-refractivity contribution is -0.371. The summed E-state index contributed by atoms with van der Waals surface area (Å²) >= 11 is 0. The van der Waals surface area contributed by atoms with Crippen molar-refractivity contribution in [3.63, 3.8) is 0 Å². The average molecular weight is 609 g/mol. The van der Waals surface area contributed by atoms with Gasteiger partial charge in [0.15, 0.2) is 6.10 Å². The van der Waals surface area contributed by atoms with Crippen LogP contribution in [0.2, 0.25) is 0 Å². The third-order valence-corrected chi connectivity index (χ3v) is 8.00. The van der Waals surface area contributed by atoms with Gasteiger partial charge in [-0.05, 0) is 12.8 Å². The van der Waals surface area contributed by atoms with Crippen LogP contribution in [-0.4, -0.2) is 49.3 Å². The molecule has 0 aliphatic carbocycles. The van der Waals surface area contributed by atoms with Crippen LogP contribution >= 0.6 is 7.82 Å². The number of phosphoric ester groups is 1. The number of carbonyl (C=O) groups excluding carboxylic acids is 2. The van der Waals surface area contributed by atoms with Crippen LogP contribution in [0, 0.1) is 0 Å². The van der Waals surface area contributed by atoms with Crippen LogP contribution in [0.4, 0.5) is 0 Å². The second-order valence-electron chi connectivity index (χ2n) is 11.1. The Hall–Kier alpha value is -0.990. The SMILES string of the molecule is CCCCCCCCCCCCCCC(=O)O[C@H](COC(=O)CCCCCCCCCC)COP(=O)(O)OCC[NH3+]. The maximum atomic E-state index is 12.4. The van der Waals surface area contributed by atoms with Crippen molar-refractivity contribution in [2.45, 2.75) is 161 Å². The molecule has 0 aromatic heterocycles. The van der Waals surface area contributed by atoms with Crippen molar-refractivity contribution in [2.24, 2.45) is 0 Å². The van der Waals surface area contributed by atoms with Gasteiger partial charge in [0.25, 0.3) is 0 Å². The van der Waals surface area contributed by atoms with Crippen LogP contribution in [0.1, 0.15) is 155 Å². The molecule has 0 spiro atoms. The number of phosphoric acid groups is 1. The first kappa shape index (κ1) is 40.0. The molecule has 0 heterocycles. The Kier molecular flexibility index (Phi) is 28.4. The summed E-state index contributed by atoms with van der Waals surface area (Å²) < 4.78 is 32.6. The fraction of sp³-hybridized carbons (Fsp3) is 0.935. The van der Waals surface area contributed by atoms with Gasteiger partial charge in [0.2, 0.25) is 0 Å². The summed E-state index contributed by atoms with van der Waals surface area (Å²) in [4.78, 5) is 34.4. The molecule has 9 nitrogen and oxygen atoms in total. The van der Waals surface area contributed by atoms with Gasteiger partial charge in [-0.1, -0.05) is 129 Å². The van der Waals surface area contributed by atoms with Gasteiger partial charge in [0.05, 0.1) is 13.2 Å². The van der Waals surface area contributed by atoms with E-state index in [9.17, 15) is 19.0 Å². The lowest BCUT2D eigenvalue weighted by atomic mass is 10.0. The molecule has 0 saturated carbocycles. The lowest BCUT2D eigenvalue weighted by Gasteiger charge is -2.19. The third-order valence-electron chi connectivity index (χ3n) is 7.02. The lowest BCUT2D eigenvalue weighted by Crippen LogP contribution is -2.52. The Labute approximate surface area is 250 Å². The highest BCUT2D eigenvalue weighted by molar-refractivity contribution is 7.47. The smallest absolute Gasteiger partial charge is 0.462 e. The van der Waals surface area contributed by atoms with Gasteiger partial charge in [0.1, 0.15) is 13.2 Å². The molecule has 2 atom stereocenters. The predicted octanol–water partition coefficient (Wildman–Crippen LogP) is 7.44. The quantitative estimate of drug-likeness (QED) is 0.0471.